The fourth-order valence-electron chi connectivity index (χ4n) is 3.69. The first-order valence-electron chi connectivity index (χ1n) is 13.8. The molecule has 0 amide bonds. The highest BCUT2D eigenvalue weighted by molar-refractivity contribution is 6.01. The average Bonchev–Trinajstić information content (AvgIpc) is 2.97. The Balaban J connectivity index is 0.000000316. The number of pyridine rings is 1. The van der Waals surface area contributed by atoms with Crippen LogP contribution in [0.3, 0.4) is 0 Å². The van der Waals surface area contributed by atoms with E-state index in [1.807, 2.05) is 20.8 Å². The second kappa shape index (κ2) is 18.3. The van der Waals surface area contributed by atoms with Crippen LogP contribution in [0.4, 0.5) is 31.5 Å². The molecule has 0 aliphatic carbocycles. The maximum atomic E-state index is 13.5. The van der Waals surface area contributed by atoms with Crippen LogP contribution in [-0.2, 0) is 0 Å². The summed E-state index contributed by atoms with van der Waals surface area (Å²) in [4.78, 5) is 15.7. The van der Waals surface area contributed by atoms with Crippen LogP contribution in [0.1, 0.15) is 52.7 Å². The number of nitrogen functional groups attached to an aromatic ring is 1. The van der Waals surface area contributed by atoms with Gasteiger partial charge in [-0.3, -0.25) is 20.3 Å². The normalized spacial score (nSPS) is 11.0. The van der Waals surface area contributed by atoms with E-state index in [4.69, 9.17) is 11.1 Å². The lowest BCUT2D eigenvalue weighted by atomic mass is 9.99. The minimum atomic E-state index is -0.485. The van der Waals surface area contributed by atoms with Gasteiger partial charge in [0.1, 0.15) is 23.0 Å². The van der Waals surface area contributed by atoms with Crippen molar-refractivity contribution in [3.05, 3.63) is 88.2 Å². The van der Waals surface area contributed by atoms with Crippen LogP contribution in [0.5, 0.6) is 0 Å². The molecule has 0 bridgehead atoms. The van der Waals surface area contributed by atoms with E-state index in [1.165, 1.54) is 47.5 Å². The smallest absolute Gasteiger partial charge is 0.269 e. The second-order valence-electron chi connectivity index (χ2n) is 9.63. The molecule has 4 N–H and O–H groups in total. The molecule has 0 aliphatic heterocycles. The molecule has 230 valence electrons. The lowest BCUT2D eigenvalue weighted by Crippen LogP contribution is -2.33. The van der Waals surface area contributed by atoms with Gasteiger partial charge in [-0.15, -0.1) is 0 Å². The number of hydrogen-bond donors (Lipinski definition) is 3. The summed E-state index contributed by atoms with van der Waals surface area (Å²) in [6, 6.07) is 13.2. The number of para-hydroxylation sites is 1. The molecule has 10 nitrogen and oxygen atoms in total. The molecule has 1 atom stereocenters. The van der Waals surface area contributed by atoms with Crippen LogP contribution in [-0.4, -0.2) is 53.0 Å². The van der Waals surface area contributed by atoms with Crippen LogP contribution in [0.2, 0.25) is 0 Å². The minimum Gasteiger partial charge on any atom is -0.397 e. The Morgan fingerprint density at radius 2 is 1.57 bits per heavy atom. The third kappa shape index (κ3) is 11.0. The number of nitro benzene ring substituents is 1. The summed E-state index contributed by atoms with van der Waals surface area (Å²) < 4.78 is 26.9. The van der Waals surface area contributed by atoms with Gasteiger partial charge in [0.05, 0.1) is 22.0 Å². The molecule has 0 radical (unpaired) electrons. The molecule has 0 saturated heterocycles. The summed E-state index contributed by atoms with van der Waals surface area (Å²) in [6.45, 7) is 9.44. The standard InChI is InChI=1S/C12H17F2N.C10H15N3.C8H11N3O3/c1-3-8-15(9-4-2)12-10(13)6-5-7-11(12)14;1-3-7(2)9(12)10-8(11)5-4-6-13-10;1-9(2)10(12)7-3-5-8(6-4-7)11(13)14/h5-7H,3-4,8-9H2,1-2H3;4-7,12H,3,11H2,1-2H3;3-6,12H,1-2H3. The highest BCUT2D eigenvalue weighted by Crippen LogP contribution is 2.23. The van der Waals surface area contributed by atoms with E-state index < -0.39 is 16.6 Å². The molecule has 1 aromatic heterocycles. The number of nitrogens with two attached hydrogens (primary N) is 1. The van der Waals surface area contributed by atoms with Gasteiger partial charge in [0.2, 0.25) is 0 Å². The largest absolute Gasteiger partial charge is 0.397 e. The van der Waals surface area contributed by atoms with Gasteiger partial charge in [-0.1, -0.05) is 33.8 Å². The summed E-state index contributed by atoms with van der Waals surface area (Å²) >= 11 is 0. The zero-order valence-electron chi connectivity index (χ0n) is 25.2. The first kappa shape index (κ1) is 35.9. The van der Waals surface area contributed by atoms with Crippen LogP contribution in [0.15, 0.2) is 60.8 Å². The van der Waals surface area contributed by atoms with Gasteiger partial charge in [-0.2, -0.15) is 5.17 Å². The zero-order chi connectivity index (χ0) is 31.8. The number of nitro groups is 1. The number of non-ortho nitro benzene ring substituents is 1. The van der Waals surface area contributed by atoms with E-state index in [0.717, 1.165) is 24.4 Å². The Kier molecular flexibility index (Phi) is 15.6. The van der Waals surface area contributed by atoms with Crippen LogP contribution in [0.25, 0.3) is 0 Å². The van der Waals surface area contributed by atoms with Crippen molar-refractivity contribution in [2.24, 2.45) is 5.92 Å². The molecule has 3 rings (SSSR count). The number of rotatable bonds is 11. The summed E-state index contributed by atoms with van der Waals surface area (Å²) in [5.74, 6) is -0.731. The predicted octanol–water partition coefficient (Wildman–Crippen LogP) is 6.94. The Labute approximate surface area is 247 Å². The summed E-state index contributed by atoms with van der Waals surface area (Å²) in [5, 5.41) is 29.9. The average molecular weight is 588 g/mol. The van der Waals surface area contributed by atoms with Crippen molar-refractivity contribution in [1.82, 2.24) is 9.99 Å². The van der Waals surface area contributed by atoms with E-state index in [2.05, 4.69) is 11.9 Å². The van der Waals surface area contributed by atoms with Crippen LogP contribution in [0, 0.1) is 33.1 Å². The molecule has 2 aromatic carbocycles. The molecular formula is C30H43F2N7O3. The van der Waals surface area contributed by atoms with Crippen LogP contribution < -0.4 is 15.8 Å². The van der Waals surface area contributed by atoms with Gasteiger partial charge < -0.3 is 16.0 Å². The topological polar surface area (TPSA) is 136 Å². The molecule has 0 saturated carbocycles. The number of halogens is 2. The third-order valence-electron chi connectivity index (χ3n) is 6.11. The fraction of sp³-hybridized carbons (Fsp3) is 0.400. The van der Waals surface area contributed by atoms with Crippen LogP contribution >= 0.6 is 0 Å². The maximum Gasteiger partial charge on any atom is 0.269 e. The third-order valence-corrected chi connectivity index (χ3v) is 6.11. The van der Waals surface area contributed by atoms with Gasteiger partial charge in [0.25, 0.3) is 5.69 Å². The quantitative estimate of drug-likeness (QED) is 0.125. The molecule has 12 heteroatoms. The van der Waals surface area contributed by atoms with Gasteiger partial charge >= 0.3 is 0 Å². The van der Waals surface area contributed by atoms with Crippen molar-refractivity contribution in [1.29, 1.82) is 5.41 Å². The van der Waals surface area contributed by atoms with E-state index >= 15 is 0 Å². The van der Waals surface area contributed by atoms with Gasteiger partial charge in [0, 0.05) is 45.5 Å². The molecule has 0 aliphatic rings. The summed E-state index contributed by atoms with van der Waals surface area (Å²) in [6.07, 6.45) is 4.37. The van der Waals surface area contributed by atoms with E-state index in [1.54, 1.807) is 37.3 Å². The number of nitrogens with one attached hydrogen (secondary N) is 1. The highest BCUT2D eigenvalue weighted by atomic mass is 19.1. The lowest BCUT2D eigenvalue weighted by Gasteiger charge is -2.24. The Bertz CT molecular complexity index is 1230. The number of nitrogens with zero attached hydrogens (tertiary/aromatic N) is 5. The van der Waals surface area contributed by atoms with Crippen molar-refractivity contribution in [2.45, 2.75) is 47.0 Å². The van der Waals surface area contributed by atoms with Crippen molar-refractivity contribution in [2.75, 3.05) is 43.0 Å². The monoisotopic (exact) mass is 587 g/mol. The van der Waals surface area contributed by atoms with Crippen molar-refractivity contribution >= 4 is 28.5 Å². The summed E-state index contributed by atoms with van der Waals surface area (Å²) in [5.41, 5.74) is 8.04. The minimum absolute atomic E-state index is 0.000839. The second-order valence-corrected chi connectivity index (χ2v) is 9.63. The highest BCUT2D eigenvalue weighted by Gasteiger charge is 2.15. The summed E-state index contributed by atoms with van der Waals surface area (Å²) in [7, 11) is 3.31. The molecule has 42 heavy (non-hydrogen) atoms. The number of aromatic nitrogens is 1. The number of hydrazine groups is 1. The number of benzene rings is 2. The number of anilines is 3. The molecule has 1 unspecified atom stereocenters. The van der Waals surface area contributed by atoms with E-state index in [0.29, 0.717) is 35.9 Å². The zero-order valence-corrected chi connectivity index (χ0v) is 25.2. The van der Waals surface area contributed by atoms with Crippen molar-refractivity contribution < 1.29 is 18.9 Å². The first-order valence-corrected chi connectivity index (χ1v) is 13.8. The Morgan fingerprint density at radius 3 is 2.00 bits per heavy atom. The van der Waals surface area contributed by atoms with Crippen molar-refractivity contribution in [3.63, 3.8) is 0 Å². The Morgan fingerprint density at radius 1 is 1.02 bits per heavy atom. The molecule has 1 heterocycles. The number of hydrogen-bond acceptors (Lipinski definition) is 9. The lowest BCUT2D eigenvalue weighted by molar-refractivity contribution is -0.384. The van der Waals surface area contributed by atoms with Crippen molar-refractivity contribution in [3.8, 4) is 0 Å². The van der Waals surface area contributed by atoms with Gasteiger partial charge in [-0.25, -0.2) is 13.8 Å². The molecular weight excluding hydrogens is 544 g/mol. The maximum absolute atomic E-state index is 13.5. The van der Waals surface area contributed by atoms with E-state index in [9.17, 15) is 24.1 Å². The van der Waals surface area contributed by atoms with Gasteiger partial charge in [-0.05, 0) is 61.6 Å². The first-order chi connectivity index (χ1) is 19.9. The molecule has 0 fully saturated rings. The SMILES string of the molecule is CCC(C)C(=N)c1ncccc1N.CCCN(CCC)c1c(F)cccc1F.CN(C)N(O)c1ccc([N+](=O)[O-])cc1. The van der Waals surface area contributed by atoms with Gasteiger partial charge in [0.15, 0.2) is 0 Å². The molecule has 3 aromatic rings. The predicted molar refractivity (Wildman–Crippen MR) is 165 cm³/mol. The van der Waals surface area contributed by atoms with E-state index in [-0.39, 0.29) is 17.3 Å². The fourth-order valence-corrected chi connectivity index (χ4v) is 3.69. The molecule has 0 spiro atoms. The Hall–Kier alpha value is -4.16.